The molecule has 3 aromatic rings. The van der Waals surface area contributed by atoms with Gasteiger partial charge in [-0.25, -0.2) is 18.7 Å². The fourth-order valence-corrected chi connectivity index (χ4v) is 4.79. The van der Waals surface area contributed by atoms with Crippen LogP contribution in [0.15, 0.2) is 43.2 Å². The summed E-state index contributed by atoms with van der Waals surface area (Å²) in [6.07, 6.45) is 3.26. The lowest BCUT2D eigenvalue weighted by atomic mass is 9.96. The maximum Gasteiger partial charge on any atom is 0.247 e. The molecule has 236 valence electrons. The number of morpholine rings is 1. The van der Waals surface area contributed by atoms with E-state index in [0.29, 0.717) is 36.9 Å². The third-order valence-electron chi connectivity index (χ3n) is 6.99. The summed E-state index contributed by atoms with van der Waals surface area (Å²) < 4.78 is 39.5. The Morgan fingerprint density at radius 1 is 1.16 bits per heavy atom. The van der Waals surface area contributed by atoms with Gasteiger partial charge in [0.25, 0.3) is 0 Å². The number of rotatable bonds is 12. The number of hydrogen-bond donors (Lipinski definition) is 4. The fourth-order valence-electron chi connectivity index (χ4n) is 4.79. The second kappa shape index (κ2) is 13.9. The average molecular weight is 613 g/mol. The summed E-state index contributed by atoms with van der Waals surface area (Å²) in [5.74, 6) is -2.03. The van der Waals surface area contributed by atoms with Gasteiger partial charge in [-0.05, 0) is 59.1 Å². The van der Waals surface area contributed by atoms with Crippen LogP contribution in [0.5, 0.6) is 5.75 Å². The van der Waals surface area contributed by atoms with Gasteiger partial charge in [0.05, 0.1) is 54.7 Å². The van der Waals surface area contributed by atoms with Crippen LogP contribution in [0.2, 0.25) is 0 Å². The van der Waals surface area contributed by atoms with Crippen molar-refractivity contribution in [2.24, 2.45) is 0 Å². The van der Waals surface area contributed by atoms with Crippen molar-refractivity contribution in [3.05, 3.63) is 60.4 Å². The van der Waals surface area contributed by atoms with Gasteiger partial charge >= 0.3 is 0 Å². The first kappa shape index (κ1) is 32.5. The van der Waals surface area contributed by atoms with Crippen molar-refractivity contribution in [3.63, 3.8) is 0 Å². The number of halogens is 2. The maximum absolute atomic E-state index is 14.1. The Bertz CT molecular complexity index is 1500. The van der Waals surface area contributed by atoms with E-state index in [4.69, 9.17) is 9.47 Å². The molecule has 0 unspecified atom stereocenters. The van der Waals surface area contributed by atoms with Gasteiger partial charge in [0.15, 0.2) is 11.6 Å². The number of methoxy groups -OCH3 is 1. The van der Waals surface area contributed by atoms with E-state index in [1.807, 2.05) is 20.2 Å². The highest BCUT2D eigenvalue weighted by atomic mass is 19.2. The number of amides is 1. The van der Waals surface area contributed by atoms with Crippen LogP contribution in [0, 0.1) is 11.6 Å². The van der Waals surface area contributed by atoms with Gasteiger partial charge in [0, 0.05) is 24.2 Å². The number of nitrogens with zero attached hydrogens (tertiary/aromatic N) is 5. The minimum absolute atomic E-state index is 0.00632. The molecule has 0 spiro atoms. The van der Waals surface area contributed by atoms with E-state index in [-0.39, 0.29) is 35.1 Å². The SMILES string of the molecule is C=CC(=O)Nc1cc(Nc2ncnc(Nc3cc(F)c(F)cc3C(C)(C)O)n2)c(OC)cc1N1CCOC[C@@H]1CCN(C)C. The van der Waals surface area contributed by atoms with Crippen LogP contribution in [-0.2, 0) is 15.1 Å². The van der Waals surface area contributed by atoms with Crippen molar-refractivity contribution in [3.8, 4) is 5.75 Å². The van der Waals surface area contributed by atoms with Gasteiger partial charge in [0.1, 0.15) is 12.1 Å². The molecule has 2 heterocycles. The zero-order chi connectivity index (χ0) is 32.0. The Kier molecular flexibility index (Phi) is 10.3. The molecule has 1 aliphatic rings. The van der Waals surface area contributed by atoms with Crippen molar-refractivity contribution in [1.29, 1.82) is 0 Å². The minimum Gasteiger partial charge on any atom is -0.494 e. The molecule has 1 amide bonds. The van der Waals surface area contributed by atoms with Gasteiger partial charge in [-0.15, -0.1) is 0 Å². The van der Waals surface area contributed by atoms with Crippen LogP contribution in [-0.4, -0.2) is 84.4 Å². The number of carbonyl (C=O) groups excluding carboxylic acids is 1. The second-order valence-corrected chi connectivity index (χ2v) is 11.0. The molecule has 1 aliphatic heterocycles. The molecule has 12 nitrogen and oxygen atoms in total. The first-order valence-electron chi connectivity index (χ1n) is 14.0. The van der Waals surface area contributed by atoms with Crippen LogP contribution in [0.1, 0.15) is 25.8 Å². The highest BCUT2D eigenvalue weighted by Gasteiger charge is 2.28. The molecule has 1 saturated heterocycles. The van der Waals surface area contributed by atoms with Crippen molar-refractivity contribution in [2.75, 3.05) is 68.4 Å². The van der Waals surface area contributed by atoms with Crippen molar-refractivity contribution >= 4 is 40.6 Å². The molecule has 4 N–H and O–H groups in total. The first-order chi connectivity index (χ1) is 20.9. The number of anilines is 6. The molecule has 14 heteroatoms. The topological polar surface area (TPSA) is 137 Å². The number of aliphatic hydroxyl groups is 1. The van der Waals surface area contributed by atoms with Gasteiger partial charge in [-0.1, -0.05) is 6.58 Å². The molecular weight excluding hydrogens is 574 g/mol. The summed E-state index contributed by atoms with van der Waals surface area (Å²) in [6.45, 7) is 9.02. The Morgan fingerprint density at radius 3 is 2.48 bits per heavy atom. The van der Waals surface area contributed by atoms with E-state index in [1.165, 1.54) is 33.4 Å². The molecule has 44 heavy (non-hydrogen) atoms. The fraction of sp³-hybridized carbons (Fsp3) is 0.400. The van der Waals surface area contributed by atoms with E-state index in [2.05, 4.69) is 47.3 Å². The van der Waals surface area contributed by atoms with E-state index >= 15 is 0 Å². The Labute approximate surface area is 255 Å². The molecule has 1 atom stereocenters. The molecule has 0 bridgehead atoms. The van der Waals surface area contributed by atoms with Crippen molar-refractivity contribution in [1.82, 2.24) is 19.9 Å². The standard InChI is InChI=1S/C30H38F2N8O4/c1-7-27(41)35-23-14-24(26(43-6)15-25(23)40-10-11-44-16-18(40)8-9-39(4)5)37-29-34-17-33-28(38-29)36-22-13-21(32)20(31)12-19(22)30(2,3)42/h7,12-15,17-18,42H,1,8-11,16H2,2-6H3,(H,35,41)(H2,33,34,36,37,38)/t18-/m0/s1. The number of hydrogen-bond acceptors (Lipinski definition) is 11. The number of carbonyl (C=O) groups is 1. The molecule has 0 radical (unpaired) electrons. The lowest BCUT2D eigenvalue weighted by molar-refractivity contribution is -0.111. The lowest BCUT2D eigenvalue weighted by Crippen LogP contribution is -2.47. The number of nitrogens with one attached hydrogen (secondary N) is 3. The number of benzene rings is 2. The van der Waals surface area contributed by atoms with E-state index in [1.54, 1.807) is 6.07 Å². The summed E-state index contributed by atoms with van der Waals surface area (Å²) in [7, 11) is 5.55. The summed E-state index contributed by atoms with van der Waals surface area (Å²) in [6, 6.07) is 5.45. The average Bonchev–Trinajstić information content (AvgIpc) is 2.97. The van der Waals surface area contributed by atoms with Crippen LogP contribution in [0.4, 0.5) is 43.4 Å². The molecule has 0 aliphatic carbocycles. The largest absolute Gasteiger partial charge is 0.494 e. The van der Waals surface area contributed by atoms with Crippen molar-refractivity contribution < 1.29 is 28.2 Å². The zero-order valence-corrected chi connectivity index (χ0v) is 25.4. The van der Waals surface area contributed by atoms with Crippen molar-refractivity contribution in [2.45, 2.75) is 31.9 Å². The number of aromatic nitrogens is 3. The zero-order valence-electron chi connectivity index (χ0n) is 25.4. The normalized spacial score (nSPS) is 15.2. The third kappa shape index (κ3) is 7.95. The Morgan fingerprint density at radius 2 is 1.84 bits per heavy atom. The Hall–Kier alpha value is -4.40. The highest BCUT2D eigenvalue weighted by Crippen LogP contribution is 2.40. The maximum atomic E-state index is 14.1. The molecular formula is C30H38F2N8O4. The summed E-state index contributed by atoms with van der Waals surface area (Å²) in [5, 5.41) is 19.3. The lowest BCUT2D eigenvalue weighted by Gasteiger charge is -2.39. The van der Waals surface area contributed by atoms with E-state index in [0.717, 1.165) is 30.8 Å². The summed E-state index contributed by atoms with van der Waals surface area (Å²) in [4.78, 5) is 29.4. The summed E-state index contributed by atoms with van der Waals surface area (Å²) >= 11 is 0. The summed E-state index contributed by atoms with van der Waals surface area (Å²) in [5.41, 5.74) is 0.413. The smallest absolute Gasteiger partial charge is 0.247 e. The van der Waals surface area contributed by atoms with Gasteiger partial charge < -0.3 is 40.3 Å². The van der Waals surface area contributed by atoms with Gasteiger partial charge in [-0.2, -0.15) is 4.98 Å². The van der Waals surface area contributed by atoms with Crippen LogP contribution < -0.4 is 25.6 Å². The molecule has 0 saturated carbocycles. The molecule has 4 rings (SSSR count). The molecule has 1 aromatic heterocycles. The predicted octanol–water partition coefficient (Wildman–Crippen LogP) is 4.15. The Balaban J connectivity index is 1.68. The molecule has 2 aromatic carbocycles. The van der Waals surface area contributed by atoms with E-state index in [9.17, 15) is 18.7 Å². The minimum atomic E-state index is -1.49. The van der Waals surface area contributed by atoms with Crippen LogP contribution >= 0.6 is 0 Å². The molecule has 1 fully saturated rings. The quantitative estimate of drug-likeness (QED) is 0.220. The van der Waals surface area contributed by atoms with Gasteiger partial charge in [0.2, 0.25) is 17.8 Å². The third-order valence-corrected chi connectivity index (χ3v) is 6.99. The first-order valence-corrected chi connectivity index (χ1v) is 14.0. The monoisotopic (exact) mass is 612 g/mol. The highest BCUT2D eigenvalue weighted by molar-refractivity contribution is 6.02. The second-order valence-electron chi connectivity index (χ2n) is 11.0. The predicted molar refractivity (Wildman–Crippen MR) is 165 cm³/mol. The van der Waals surface area contributed by atoms with Crippen LogP contribution in [0.3, 0.4) is 0 Å². The van der Waals surface area contributed by atoms with Gasteiger partial charge in [-0.3, -0.25) is 4.79 Å². The number of ether oxygens (including phenoxy) is 2. The van der Waals surface area contributed by atoms with Crippen LogP contribution in [0.25, 0.3) is 0 Å². The van der Waals surface area contributed by atoms with E-state index < -0.39 is 17.2 Å².